The molecule has 3 aromatic rings. The number of hydrogen-bond donors (Lipinski definition) is 2. The van der Waals surface area contributed by atoms with Crippen LogP contribution in [-0.4, -0.2) is 10.2 Å². The van der Waals surface area contributed by atoms with Gasteiger partial charge in [0.1, 0.15) is 0 Å². The largest absolute Gasteiger partial charge is 0.382 e. The number of H-pyrrole nitrogens is 1. The summed E-state index contributed by atoms with van der Waals surface area (Å²) in [5, 5.41) is 8.01. The van der Waals surface area contributed by atoms with Gasteiger partial charge < -0.3 is 5.73 Å². The van der Waals surface area contributed by atoms with E-state index in [1.807, 2.05) is 36.4 Å². The maximum absolute atomic E-state index is 6.30. The maximum atomic E-state index is 6.30. The predicted molar refractivity (Wildman–Crippen MR) is 91.6 cm³/mol. The van der Waals surface area contributed by atoms with E-state index >= 15 is 0 Å². The first-order valence-electron chi connectivity index (χ1n) is 6.12. The monoisotopic (exact) mass is 381 g/mol. The van der Waals surface area contributed by atoms with E-state index in [9.17, 15) is 0 Å². The fourth-order valence-electron chi connectivity index (χ4n) is 2.18. The summed E-state index contributed by atoms with van der Waals surface area (Å²) in [6, 6.07) is 13.3. The Hall–Kier alpha value is -1.49. The molecule has 0 fully saturated rings. The van der Waals surface area contributed by atoms with Crippen LogP contribution in [0.4, 0.5) is 5.82 Å². The van der Waals surface area contributed by atoms with Crippen molar-refractivity contribution in [1.82, 2.24) is 10.2 Å². The first-order chi connectivity index (χ1) is 10.1. The Labute approximate surface area is 140 Å². The summed E-state index contributed by atoms with van der Waals surface area (Å²) in [7, 11) is 0. The summed E-state index contributed by atoms with van der Waals surface area (Å²) in [6.45, 7) is 0. The first kappa shape index (κ1) is 14.4. The molecular weight excluding hydrogens is 373 g/mol. The van der Waals surface area contributed by atoms with Crippen LogP contribution in [0.15, 0.2) is 46.9 Å². The third kappa shape index (κ3) is 2.55. The van der Waals surface area contributed by atoms with Crippen molar-refractivity contribution in [2.24, 2.45) is 0 Å². The molecule has 1 aromatic heterocycles. The lowest BCUT2D eigenvalue weighted by molar-refractivity contribution is 1.10. The van der Waals surface area contributed by atoms with E-state index in [1.165, 1.54) is 0 Å². The van der Waals surface area contributed by atoms with Gasteiger partial charge in [-0.05, 0) is 12.1 Å². The molecule has 0 saturated heterocycles. The van der Waals surface area contributed by atoms with Crippen LogP contribution in [0.2, 0.25) is 10.0 Å². The zero-order valence-electron chi connectivity index (χ0n) is 10.7. The number of nitrogens with one attached hydrogen (secondary N) is 1. The molecule has 0 saturated carbocycles. The van der Waals surface area contributed by atoms with Crippen molar-refractivity contribution in [3.8, 4) is 22.4 Å². The highest BCUT2D eigenvalue weighted by Crippen LogP contribution is 2.41. The SMILES string of the molecule is Nc1n[nH]c(-c2cccc(Cl)c2Cl)c1-c1ccccc1Br. The topological polar surface area (TPSA) is 54.7 Å². The van der Waals surface area contributed by atoms with Gasteiger partial charge >= 0.3 is 0 Å². The molecule has 0 aliphatic carbocycles. The lowest BCUT2D eigenvalue weighted by Crippen LogP contribution is -1.90. The molecule has 0 aliphatic rings. The number of anilines is 1. The van der Waals surface area contributed by atoms with Crippen molar-refractivity contribution in [1.29, 1.82) is 0 Å². The minimum Gasteiger partial charge on any atom is -0.382 e. The molecule has 0 atom stereocenters. The zero-order valence-corrected chi connectivity index (χ0v) is 13.8. The number of rotatable bonds is 2. The normalized spacial score (nSPS) is 10.8. The minimum absolute atomic E-state index is 0.410. The molecule has 2 aromatic carbocycles. The molecule has 21 heavy (non-hydrogen) atoms. The molecule has 1 heterocycles. The van der Waals surface area contributed by atoms with E-state index in [-0.39, 0.29) is 0 Å². The highest BCUT2D eigenvalue weighted by Gasteiger charge is 2.19. The van der Waals surface area contributed by atoms with E-state index in [0.717, 1.165) is 26.9 Å². The number of nitrogen functional groups attached to an aromatic ring is 1. The molecule has 6 heteroatoms. The molecule has 0 radical (unpaired) electrons. The lowest BCUT2D eigenvalue weighted by Gasteiger charge is -2.09. The Bertz CT molecular complexity index is 814. The molecule has 0 amide bonds. The summed E-state index contributed by atoms with van der Waals surface area (Å²) in [6.07, 6.45) is 0. The Morgan fingerprint density at radius 3 is 2.48 bits per heavy atom. The summed E-state index contributed by atoms with van der Waals surface area (Å²) in [5.41, 5.74) is 9.27. The van der Waals surface area contributed by atoms with Crippen LogP contribution >= 0.6 is 39.1 Å². The fraction of sp³-hybridized carbons (Fsp3) is 0. The van der Waals surface area contributed by atoms with Crippen LogP contribution in [0.1, 0.15) is 0 Å². The second-order valence-corrected chi connectivity index (χ2v) is 6.08. The summed E-state index contributed by atoms with van der Waals surface area (Å²) in [5.74, 6) is 0.410. The molecule has 3 rings (SSSR count). The van der Waals surface area contributed by atoms with Gasteiger partial charge in [0.2, 0.25) is 0 Å². The second-order valence-electron chi connectivity index (χ2n) is 4.44. The van der Waals surface area contributed by atoms with Gasteiger partial charge in [0.15, 0.2) is 5.82 Å². The van der Waals surface area contributed by atoms with Crippen LogP contribution < -0.4 is 5.73 Å². The number of halogens is 3. The highest BCUT2D eigenvalue weighted by atomic mass is 79.9. The number of aromatic nitrogens is 2. The van der Waals surface area contributed by atoms with Crippen molar-refractivity contribution >= 4 is 44.9 Å². The maximum Gasteiger partial charge on any atom is 0.153 e. The van der Waals surface area contributed by atoms with Crippen LogP contribution in [0.3, 0.4) is 0 Å². The van der Waals surface area contributed by atoms with Gasteiger partial charge in [-0.1, -0.05) is 69.5 Å². The van der Waals surface area contributed by atoms with Crippen molar-refractivity contribution in [2.45, 2.75) is 0 Å². The molecule has 0 bridgehead atoms. The number of benzene rings is 2. The van der Waals surface area contributed by atoms with Gasteiger partial charge in [-0.2, -0.15) is 5.10 Å². The first-order valence-corrected chi connectivity index (χ1v) is 7.67. The van der Waals surface area contributed by atoms with Gasteiger partial charge in [-0.3, -0.25) is 5.10 Å². The quantitative estimate of drug-likeness (QED) is 0.623. The fourth-order valence-corrected chi connectivity index (χ4v) is 3.06. The summed E-state index contributed by atoms with van der Waals surface area (Å²) < 4.78 is 0.928. The van der Waals surface area contributed by atoms with Crippen molar-refractivity contribution in [2.75, 3.05) is 5.73 Å². The van der Waals surface area contributed by atoms with E-state index in [1.54, 1.807) is 6.07 Å². The number of hydrogen-bond acceptors (Lipinski definition) is 2. The van der Waals surface area contributed by atoms with Gasteiger partial charge in [0.25, 0.3) is 0 Å². The van der Waals surface area contributed by atoms with E-state index < -0.39 is 0 Å². The van der Waals surface area contributed by atoms with Crippen LogP contribution in [0, 0.1) is 0 Å². The standard InChI is InChI=1S/C15H10BrCl2N3/c16-10-6-2-1-4-8(10)12-14(20-21-15(12)19)9-5-3-7-11(17)13(9)18/h1-7H,(H3,19,20,21). The summed E-state index contributed by atoms with van der Waals surface area (Å²) >= 11 is 15.9. The zero-order chi connectivity index (χ0) is 15.0. The highest BCUT2D eigenvalue weighted by molar-refractivity contribution is 9.10. The third-order valence-electron chi connectivity index (χ3n) is 3.16. The van der Waals surface area contributed by atoms with E-state index in [2.05, 4.69) is 26.1 Å². The van der Waals surface area contributed by atoms with Crippen molar-refractivity contribution in [3.63, 3.8) is 0 Å². The molecular formula is C15H10BrCl2N3. The number of nitrogens with zero attached hydrogens (tertiary/aromatic N) is 1. The Morgan fingerprint density at radius 1 is 1.00 bits per heavy atom. The molecule has 0 aliphatic heterocycles. The predicted octanol–water partition coefficient (Wildman–Crippen LogP) is 5.40. The molecule has 3 nitrogen and oxygen atoms in total. The van der Waals surface area contributed by atoms with E-state index in [0.29, 0.717) is 15.9 Å². The van der Waals surface area contributed by atoms with Crippen molar-refractivity contribution in [3.05, 3.63) is 57.0 Å². The van der Waals surface area contributed by atoms with Crippen LogP contribution in [0.25, 0.3) is 22.4 Å². The summed E-state index contributed by atoms with van der Waals surface area (Å²) in [4.78, 5) is 0. The Morgan fingerprint density at radius 2 is 1.71 bits per heavy atom. The third-order valence-corrected chi connectivity index (χ3v) is 4.67. The van der Waals surface area contributed by atoms with Gasteiger partial charge in [-0.15, -0.1) is 0 Å². The smallest absolute Gasteiger partial charge is 0.153 e. The average molecular weight is 383 g/mol. The van der Waals surface area contributed by atoms with Gasteiger partial charge in [-0.25, -0.2) is 0 Å². The van der Waals surface area contributed by atoms with Crippen LogP contribution in [0.5, 0.6) is 0 Å². The van der Waals surface area contributed by atoms with Crippen LogP contribution in [-0.2, 0) is 0 Å². The molecule has 0 unspecified atom stereocenters. The molecule has 106 valence electrons. The number of nitrogens with two attached hydrogens (primary N) is 1. The van der Waals surface area contributed by atoms with Gasteiger partial charge in [0.05, 0.1) is 21.3 Å². The second kappa shape index (κ2) is 5.72. The van der Waals surface area contributed by atoms with Gasteiger partial charge in [0, 0.05) is 15.6 Å². The lowest BCUT2D eigenvalue weighted by atomic mass is 10.0. The molecule has 0 spiro atoms. The average Bonchev–Trinajstić information content (AvgIpc) is 2.84. The Kier molecular flexibility index (Phi) is 3.93. The number of aromatic amines is 1. The Balaban J connectivity index is 2.28. The van der Waals surface area contributed by atoms with E-state index in [4.69, 9.17) is 28.9 Å². The van der Waals surface area contributed by atoms with Crippen molar-refractivity contribution < 1.29 is 0 Å². The molecule has 3 N–H and O–H groups in total. The minimum atomic E-state index is 0.410.